The van der Waals surface area contributed by atoms with Crippen LogP contribution in [-0.4, -0.2) is 27.2 Å². The third kappa shape index (κ3) is 4.01. The Morgan fingerprint density at radius 2 is 1.96 bits per heavy atom. The Morgan fingerprint density at radius 3 is 2.68 bits per heavy atom. The van der Waals surface area contributed by atoms with Crippen LogP contribution in [0.25, 0.3) is 16.6 Å². The third-order valence-electron chi connectivity index (χ3n) is 4.34. The number of carbonyl (C=O) groups excluding carboxylic acids is 1. The van der Waals surface area contributed by atoms with Gasteiger partial charge in [-0.25, -0.2) is 9.37 Å². The highest BCUT2D eigenvalue weighted by molar-refractivity contribution is 5.83. The number of nitriles is 1. The predicted octanol–water partition coefficient (Wildman–Crippen LogP) is 3.68. The molecule has 0 saturated carbocycles. The van der Waals surface area contributed by atoms with E-state index in [4.69, 9.17) is 4.74 Å². The van der Waals surface area contributed by atoms with Gasteiger partial charge in [-0.05, 0) is 30.2 Å². The molecular weight excluding hydrogens is 361 g/mol. The first-order valence-electron chi connectivity index (χ1n) is 8.64. The summed E-state index contributed by atoms with van der Waals surface area (Å²) in [7, 11) is 1.73. The molecule has 6 nitrogen and oxygen atoms in total. The second-order valence-corrected chi connectivity index (χ2v) is 6.17. The molecule has 0 aliphatic rings. The number of imidazole rings is 1. The summed E-state index contributed by atoms with van der Waals surface area (Å²) < 4.78 is 20.3. The molecule has 0 aliphatic heterocycles. The molecule has 142 valence electrons. The number of aryl methyl sites for hydroxylation is 2. The van der Waals surface area contributed by atoms with E-state index in [9.17, 15) is 19.6 Å². The monoisotopic (exact) mass is 379 g/mol. The molecule has 0 bridgehead atoms. The maximum Gasteiger partial charge on any atom is 0.306 e. The maximum absolute atomic E-state index is 13.6. The van der Waals surface area contributed by atoms with Crippen molar-refractivity contribution < 1.29 is 19.0 Å². The number of fused-ring (bicyclic) bond motifs is 1. The molecule has 0 radical (unpaired) electrons. The molecule has 0 unspecified atom stereocenters. The molecule has 0 fully saturated rings. The van der Waals surface area contributed by atoms with Gasteiger partial charge in [0.15, 0.2) is 11.6 Å². The van der Waals surface area contributed by atoms with E-state index in [1.54, 1.807) is 35.9 Å². The smallest absolute Gasteiger partial charge is 0.306 e. The predicted molar refractivity (Wildman–Crippen MR) is 102 cm³/mol. The number of esters is 1. The van der Waals surface area contributed by atoms with E-state index in [1.807, 2.05) is 24.3 Å². The molecule has 0 aliphatic carbocycles. The summed E-state index contributed by atoms with van der Waals surface area (Å²) >= 11 is 0. The van der Waals surface area contributed by atoms with Crippen molar-refractivity contribution in [2.24, 2.45) is 7.05 Å². The van der Waals surface area contributed by atoms with Crippen LogP contribution in [0.5, 0.6) is 0 Å². The van der Waals surface area contributed by atoms with Crippen LogP contribution in [0.3, 0.4) is 0 Å². The lowest BCUT2D eigenvalue weighted by Crippen LogP contribution is -2.10. The lowest BCUT2D eigenvalue weighted by Gasteiger charge is -2.07. The number of hydrogen-bond donors (Lipinski definition) is 1. The van der Waals surface area contributed by atoms with E-state index >= 15 is 0 Å². The largest absolute Gasteiger partial charge is 0.507 e. The van der Waals surface area contributed by atoms with Gasteiger partial charge in [-0.1, -0.05) is 30.3 Å². The Kier molecular flexibility index (Phi) is 5.70. The fraction of sp³-hybridized carbons (Fsp3) is 0.190. The van der Waals surface area contributed by atoms with Crippen molar-refractivity contribution >= 4 is 22.6 Å². The zero-order valence-electron chi connectivity index (χ0n) is 15.2. The Labute approximate surface area is 161 Å². The van der Waals surface area contributed by atoms with Gasteiger partial charge in [0.25, 0.3) is 0 Å². The maximum atomic E-state index is 13.6. The molecule has 0 spiro atoms. The Hall–Kier alpha value is -3.66. The minimum Gasteiger partial charge on any atom is -0.507 e. The average molecular weight is 379 g/mol. The molecule has 7 heteroatoms. The van der Waals surface area contributed by atoms with E-state index in [0.717, 1.165) is 5.52 Å². The standard InChI is InChI=1S/C21H18FN3O3/c1-25-18-9-5-4-8-17(18)24-21(25)15(12-23)19(26)13-28-20(27)11-10-14-6-2-3-7-16(14)22/h2-9,26H,10-11,13H2,1H3/b19-15-. The van der Waals surface area contributed by atoms with Crippen LogP contribution in [-0.2, 0) is 23.0 Å². The zero-order valence-corrected chi connectivity index (χ0v) is 15.2. The quantitative estimate of drug-likeness (QED) is 0.401. The van der Waals surface area contributed by atoms with Gasteiger partial charge >= 0.3 is 5.97 Å². The van der Waals surface area contributed by atoms with Gasteiger partial charge in [-0.15, -0.1) is 0 Å². The van der Waals surface area contributed by atoms with Gasteiger partial charge in [-0.2, -0.15) is 5.26 Å². The van der Waals surface area contributed by atoms with Crippen LogP contribution in [0.2, 0.25) is 0 Å². The van der Waals surface area contributed by atoms with E-state index in [0.29, 0.717) is 11.1 Å². The molecule has 0 atom stereocenters. The number of benzene rings is 2. The van der Waals surface area contributed by atoms with Crippen molar-refractivity contribution in [1.82, 2.24) is 9.55 Å². The van der Waals surface area contributed by atoms with Gasteiger partial charge in [0.2, 0.25) is 0 Å². The summed E-state index contributed by atoms with van der Waals surface area (Å²) in [5.41, 5.74) is 1.83. The van der Waals surface area contributed by atoms with Crippen LogP contribution < -0.4 is 0 Å². The minimum absolute atomic E-state index is 0.0393. The summed E-state index contributed by atoms with van der Waals surface area (Å²) in [4.78, 5) is 16.3. The van der Waals surface area contributed by atoms with Crippen LogP contribution in [0.1, 0.15) is 17.8 Å². The highest BCUT2D eigenvalue weighted by atomic mass is 19.1. The number of hydrogen-bond acceptors (Lipinski definition) is 5. The van der Waals surface area contributed by atoms with Crippen molar-refractivity contribution in [3.05, 3.63) is 71.5 Å². The fourth-order valence-corrected chi connectivity index (χ4v) is 2.84. The molecule has 2 aromatic carbocycles. The summed E-state index contributed by atoms with van der Waals surface area (Å²) in [6.07, 6.45) is 0.147. The van der Waals surface area contributed by atoms with E-state index < -0.39 is 12.6 Å². The van der Waals surface area contributed by atoms with Crippen molar-refractivity contribution in [3.8, 4) is 6.07 Å². The van der Waals surface area contributed by atoms with Crippen LogP contribution in [0.4, 0.5) is 4.39 Å². The summed E-state index contributed by atoms with van der Waals surface area (Å²) in [6.45, 7) is -0.456. The number of nitrogens with zero attached hydrogens (tertiary/aromatic N) is 3. The summed E-state index contributed by atoms with van der Waals surface area (Å²) in [6, 6.07) is 15.4. The first-order chi connectivity index (χ1) is 13.5. The van der Waals surface area contributed by atoms with Crippen molar-refractivity contribution in [3.63, 3.8) is 0 Å². The number of para-hydroxylation sites is 2. The van der Waals surface area contributed by atoms with Gasteiger partial charge in [-0.3, -0.25) is 4.79 Å². The lowest BCUT2D eigenvalue weighted by atomic mass is 10.1. The number of carbonyl (C=O) groups is 1. The van der Waals surface area contributed by atoms with Crippen molar-refractivity contribution in [2.75, 3.05) is 6.61 Å². The Balaban J connectivity index is 1.69. The Bertz CT molecular complexity index is 1100. The number of ether oxygens (including phenoxy) is 1. The SMILES string of the molecule is Cn1c(/C(C#N)=C(\O)COC(=O)CCc2ccccc2F)nc2ccccc21. The topological polar surface area (TPSA) is 88.1 Å². The van der Waals surface area contributed by atoms with Crippen molar-refractivity contribution in [1.29, 1.82) is 5.26 Å². The van der Waals surface area contributed by atoms with Crippen LogP contribution in [0.15, 0.2) is 54.3 Å². The zero-order chi connectivity index (χ0) is 20.1. The highest BCUT2D eigenvalue weighted by Crippen LogP contribution is 2.22. The highest BCUT2D eigenvalue weighted by Gasteiger charge is 2.17. The second-order valence-electron chi connectivity index (χ2n) is 6.17. The Morgan fingerprint density at radius 1 is 1.25 bits per heavy atom. The second kappa shape index (κ2) is 8.35. The van der Waals surface area contributed by atoms with Gasteiger partial charge in [0, 0.05) is 13.5 Å². The molecule has 3 rings (SSSR count). The number of rotatable bonds is 6. The minimum atomic E-state index is -0.600. The molecule has 0 saturated heterocycles. The van der Waals surface area contributed by atoms with Crippen molar-refractivity contribution in [2.45, 2.75) is 12.8 Å². The van der Waals surface area contributed by atoms with Gasteiger partial charge < -0.3 is 14.4 Å². The average Bonchev–Trinajstić information content (AvgIpc) is 3.03. The number of halogens is 1. The molecule has 1 N–H and O–H groups in total. The van der Waals surface area contributed by atoms with Crippen LogP contribution >= 0.6 is 0 Å². The number of aliphatic hydroxyl groups excluding tert-OH is 1. The number of allylic oxidation sites excluding steroid dienone is 1. The third-order valence-corrected chi connectivity index (χ3v) is 4.34. The molecule has 1 heterocycles. The molecule has 3 aromatic rings. The molecule has 1 aromatic heterocycles. The fourth-order valence-electron chi connectivity index (χ4n) is 2.84. The number of aliphatic hydroxyl groups is 1. The summed E-state index contributed by atoms with van der Waals surface area (Å²) in [5, 5.41) is 19.7. The lowest BCUT2D eigenvalue weighted by molar-refractivity contribution is -0.143. The normalized spacial score (nSPS) is 11.8. The first kappa shape index (κ1) is 19.1. The van der Waals surface area contributed by atoms with Gasteiger partial charge in [0.05, 0.1) is 11.0 Å². The molecular formula is C21H18FN3O3. The summed E-state index contributed by atoms with van der Waals surface area (Å²) in [5.74, 6) is -1.09. The number of aromatic nitrogens is 2. The van der Waals surface area contributed by atoms with E-state index in [2.05, 4.69) is 4.98 Å². The molecule has 28 heavy (non-hydrogen) atoms. The molecule has 0 amide bonds. The van der Waals surface area contributed by atoms with E-state index in [-0.39, 0.29) is 35.8 Å². The van der Waals surface area contributed by atoms with Crippen LogP contribution in [0, 0.1) is 17.1 Å². The van der Waals surface area contributed by atoms with Gasteiger partial charge in [0.1, 0.15) is 24.1 Å². The first-order valence-corrected chi connectivity index (χ1v) is 8.64. The van der Waals surface area contributed by atoms with E-state index in [1.165, 1.54) is 6.07 Å².